The van der Waals surface area contributed by atoms with Gasteiger partial charge < -0.3 is 15.1 Å². The first-order chi connectivity index (χ1) is 11.3. The first kappa shape index (κ1) is 18.3. The Kier molecular flexibility index (Phi) is 5.85. The first-order valence-electron chi connectivity index (χ1n) is 8.63. The largest absolute Gasteiger partial charge is 0.367 e. The molecular weight excluding hydrogens is 306 g/mol. The molecule has 0 amide bonds. The number of anilines is 3. The molecule has 0 aromatic carbocycles. The Morgan fingerprint density at radius 3 is 2.75 bits per heavy atom. The number of aromatic nitrogens is 1. The maximum absolute atomic E-state index is 11.7. The summed E-state index contributed by atoms with van der Waals surface area (Å²) < 4.78 is 0. The third kappa shape index (κ3) is 4.07. The van der Waals surface area contributed by atoms with Gasteiger partial charge in [0.2, 0.25) is 5.82 Å². The average molecular weight is 335 g/mol. The third-order valence-electron chi connectivity index (χ3n) is 4.50. The van der Waals surface area contributed by atoms with Gasteiger partial charge in [-0.2, -0.15) is 0 Å². The van der Waals surface area contributed by atoms with Crippen LogP contribution in [0.4, 0.5) is 23.0 Å². The van der Waals surface area contributed by atoms with E-state index < -0.39 is 0 Å². The molecule has 1 unspecified atom stereocenters. The fourth-order valence-corrected chi connectivity index (χ4v) is 3.48. The summed E-state index contributed by atoms with van der Waals surface area (Å²) in [4.78, 5) is 19.8. The Hall–Kier alpha value is -2.05. The minimum Gasteiger partial charge on any atom is -0.367 e. The summed E-state index contributed by atoms with van der Waals surface area (Å²) in [6, 6.07) is 1.84. The van der Waals surface area contributed by atoms with Crippen LogP contribution >= 0.6 is 0 Å². The summed E-state index contributed by atoms with van der Waals surface area (Å²) in [5, 5.41) is 14.6. The molecule has 1 fully saturated rings. The van der Waals surface area contributed by atoms with Gasteiger partial charge in [-0.05, 0) is 31.1 Å². The highest BCUT2D eigenvalue weighted by atomic mass is 16.6. The van der Waals surface area contributed by atoms with Crippen molar-refractivity contribution in [2.75, 3.05) is 49.3 Å². The summed E-state index contributed by atoms with van der Waals surface area (Å²) >= 11 is 0. The van der Waals surface area contributed by atoms with Crippen molar-refractivity contribution in [3.8, 4) is 0 Å². The molecule has 1 atom stereocenters. The smallest absolute Gasteiger partial charge is 0.334 e. The van der Waals surface area contributed by atoms with Gasteiger partial charge in [-0.15, -0.1) is 0 Å². The van der Waals surface area contributed by atoms with Crippen LogP contribution in [0.5, 0.6) is 0 Å². The predicted octanol–water partition coefficient (Wildman–Crippen LogP) is 3.36. The SMILES string of the molecule is CNc1nc(N(C)C)cc(N2CCCC(CC(C)C)C2)c1[N+](=O)[O-]. The van der Waals surface area contributed by atoms with Crippen LogP contribution < -0.4 is 15.1 Å². The lowest BCUT2D eigenvalue weighted by molar-refractivity contribution is -0.383. The van der Waals surface area contributed by atoms with Crippen molar-refractivity contribution in [2.24, 2.45) is 11.8 Å². The van der Waals surface area contributed by atoms with Gasteiger partial charge >= 0.3 is 5.69 Å². The molecule has 7 heteroatoms. The van der Waals surface area contributed by atoms with Crippen molar-refractivity contribution in [3.63, 3.8) is 0 Å². The third-order valence-corrected chi connectivity index (χ3v) is 4.50. The van der Waals surface area contributed by atoms with E-state index in [0.717, 1.165) is 31.7 Å². The fraction of sp³-hybridized carbons (Fsp3) is 0.706. The van der Waals surface area contributed by atoms with Crippen molar-refractivity contribution >= 4 is 23.0 Å². The summed E-state index contributed by atoms with van der Waals surface area (Å²) in [5.41, 5.74) is 0.754. The van der Waals surface area contributed by atoms with E-state index >= 15 is 0 Å². The van der Waals surface area contributed by atoms with Gasteiger partial charge in [0.15, 0.2) is 0 Å². The summed E-state index contributed by atoms with van der Waals surface area (Å²) in [5.74, 6) is 2.29. The van der Waals surface area contributed by atoms with E-state index in [1.54, 1.807) is 7.05 Å². The van der Waals surface area contributed by atoms with Gasteiger partial charge in [0.05, 0.1) is 4.92 Å². The second-order valence-corrected chi connectivity index (χ2v) is 7.18. The molecule has 0 saturated carbocycles. The molecule has 7 nitrogen and oxygen atoms in total. The molecule has 0 bridgehead atoms. The van der Waals surface area contributed by atoms with E-state index in [0.29, 0.717) is 23.3 Å². The molecule has 1 aliphatic rings. The van der Waals surface area contributed by atoms with E-state index in [4.69, 9.17) is 0 Å². The molecule has 1 N–H and O–H groups in total. The Labute approximate surface area is 144 Å². The van der Waals surface area contributed by atoms with Crippen LogP contribution in [0.2, 0.25) is 0 Å². The Bertz CT molecular complexity index is 589. The Morgan fingerprint density at radius 2 is 2.21 bits per heavy atom. The fourth-order valence-electron chi connectivity index (χ4n) is 3.48. The van der Waals surface area contributed by atoms with E-state index in [2.05, 4.69) is 29.0 Å². The predicted molar refractivity (Wildman–Crippen MR) is 99.2 cm³/mol. The summed E-state index contributed by atoms with van der Waals surface area (Å²) in [6.45, 7) is 6.20. The molecule has 2 heterocycles. The number of pyridine rings is 1. The highest BCUT2D eigenvalue weighted by Crippen LogP contribution is 2.39. The van der Waals surface area contributed by atoms with Gasteiger partial charge in [-0.25, -0.2) is 4.98 Å². The monoisotopic (exact) mass is 335 g/mol. The maximum Gasteiger partial charge on any atom is 0.334 e. The van der Waals surface area contributed by atoms with Crippen LogP contribution in [-0.2, 0) is 0 Å². The van der Waals surface area contributed by atoms with Crippen LogP contribution in [-0.4, -0.2) is 44.1 Å². The normalized spacial score (nSPS) is 17.9. The molecule has 0 aliphatic carbocycles. The highest BCUT2D eigenvalue weighted by molar-refractivity contribution is 5.77. The second kappa shape index (κ2) is 7.68. The zero-order chi connectivity index (χ0) is 17.9. The topological polar surface area (TPSA) is 74.5 Å². The Morgan fingerprint density at radius 1 is 1.50 bits per heavy atom. The number of piperidine rings is 1. The van der Waals surface area contributed by atoms with Crippen molar-refractivity contribution in [1.29, 1.82) is 0 Å². The van der Waals surface area contributed by atoms with E-state index in [1.807, 2.05) is 25.1 Å². The van der Waals surface area contributed by atoms with E-state index in [1.165, 1.54) is 6.42 Å². The zero-order valence-electron chi connectivity index (χ0n) is 15.4. The first-order valence-corrected chi connectivity index (χ1v) is 8.63. The van der Waals surface area contributed by atoms with Gasteiger partial charge in [0.1, 0.15) is 11.5 Å². The Balaban J connectivity index is 2.42. The van der Waals surface area contributed by atoms with Crippen LogP contribution in [0.3, 0.4) is 0 Å². The molecule has 1 saturated heterocycles. The zero-order valence-corrected chi connectivity index (χ0v) is 15.4. The lowest BCUT2D eigenvalue weighted by atomic mass is 9.89. The molecule has 1 aromatic heterocycles. The van der Waals surface area contributed by atoms with Gasteiger partial charge in [-0.1, -0.05) is 13.8 Å². The number of nitrogens with one attached hydrogen (secondary N) is 1. The minimum atomic E-state index is -0.320. The lowest BCUT2D eigenvalue weighted by Crippen LogP contribution is -2.36. The number of nitrogens with zero attached hydrogens (tertiary/aromatic N) is 4. The summed E-state index contributed by atoms with van der Waals surface area (Å²) in [6.07, 6.45) is 3.44. The average Bonchev–Trinajstić information content (AvgIpc) is 2.52. The molecule has 0 spiro atoms. The molecule has 2 rings (SSSR count). The molecule has 0 radical (unpaired) electrons. The van der Waals surface area contributed by atoms with E-state index in [9.17, 15) is 10.1 Å². The van der Waals surface area contributed by atoms with Gasteiger partial charge in [-0.3, -0.25) is 10.1 Å². The van der Waals surface area contributed by atoms with Crippen molar-refractivity contribution in [1.82, 2.24) is 4.98 Å². The van der Waals surface area contributed by atoms with Crippen molar-refractivity contribution < 1.29 is 4.92 Å². The molecule has 24 heavy (non-hydrogen) atoms. The van der Waals surface area contributed by atoms with Crippen molar-refractivity contribution in [2.45, 2.75) is 33.1 Å². The van der Waals surface area contributed by atoms with Crippen molar-refractivity contribution in [3.05, 3.63) is 16.2 Å². The lowest BCUT2D eigenvalue weighted by Gasteiger charge is -2.35. The minimum absolute atomic E-state index is 0.0771. The second-order valence-electron chi connectivity index (χ2n) is 7.18. The molecule has 1 aliphatic heterocycles. The summed E-state index contributed by atoms with van der Waals surface area (Å²) in [7, 11) is 5.47. The number of nitro groups is 1. The number of hydrogen-bond acceptors (Lipinski definition) is 6. The van der Waals surface area contributed by atoms with Crippen LogP contribution in [0, 0.1) is 22.0 Å². The standard InChI is InChI=1S/C17H29N5O2/c1-12(2)9-13-7-6-8-21(11-13)14-10-15(20(4)5)19-17(18-3)16(14)22(23)24/h10,12-13H,6-9,11H2,1-5H3,(H,18,19). The maximum atomic E-state index is 11.7. The van der Waals surface area contributed by atoms with Crippen LogP contribution in [0.15, 0.2) is 6.07 Å². The molecular formula is C17H29N5O2. The number of hydrogen-bond donors (Lipinski definition) is 1. The van der Waals surface area contributed by atoms with Crippen LogP contribution in [0.1, 0.15) is 33.1 Å². The number of rotatable bonds is 6. The molecule has 134 valence electrons. The quantitative estimate of drug-likeness (QED) is 0.635. The van der Waals surface area contributed by atoms with E-state index in [-0.39, 0.29) is 10.6 Å². The molecule has 1 aromatic rings. The van der Waals surface area contributed by atoms with Gasteiger partial charge in [0, 0.05) is 40.3 Å². The van der Waals surface area contributed by atoms with Crippen LogP contribution in [0.25, 0.3) is 0 Å². The highest BCUT2D eigenvalue weighted by Gasteiger charge is 2.30. The van der Waals surface area contributed by atoms with Gasteiger partial charge in [0.25, 0.3) is 0 Å².